The molecule has 0 aromatic carbocycles. The van der Waals surface area contributed by atoms with Crippen LogP contribution in [0.15, 0.2) is 20.3 Å². The van der Waals surface area contributed by atoms with Crippen LogP contribution in [0.1, 0.15) is 23.3 Å². The quantitative estimate of drug-likeness (QED) is 0.787. The van der Waals surface area contributed by atoms with Crippen molar-refractivity contribution in [1.82, 2.24) is 29.5 Å². The van der Waals surface area contributed by atoms with Gasteiger partial charge in [0.25, 0.3) is 11.4 Å². The normalized spacial score (nSPS) is 19.2. The minimum Gasteiger partial charge on any atom is -0.335 e. The summed E-state index contributed by atoms with van der Waals surface area (Å²) >= 11 is 0. The van der Waals surface area contributed by atoms with Crippen LogP contribution in [0.4, 0.5) is 0 Å². The summed E-state index contributed by atoms with van der Waals surface area (Å²) in [4.78, 5) is 30.3. The maximum atomic E-state index is 12.1. The van der Waals surface area contributed by atoms with Crippen molar-refractivity contribution >= 4 is 12.2 Å². The van der Waals surface area contributed by atoms with E-state index in [2.05, 4.69) is 20.4 Å². The van der Waals surface area contributed by atoms with Gasteiger partial charge >= 0.3 is 5.69 Å². The van der Waals surface area contributed by atoms with Crippen LogP contribution in [0.3, 0.4) is 0 Å². The molecule has 24 heavy (non-hydrogen) atoms. The lowest BCUT2D eigenvalue weighted by Crippen LogP contribution is -2.44. The molecule has 9 heteroatoms. The number of aromatic nitrogens is 4. The molecule has 0 saturated carbocycles. The highest BCUT2D eigenvalue weighted by molar-refractivity contribution is 5.64. The molecule has 0 bridgehead atoms. The van der Waals surface area contributed by atoms with Crippen LogP contribution >= 0.6 is 0 Å². The highest BCUT2D eigenvalue weighted by Crippen LogP contribution is 2.18. The zero-order chi connectivity index (χ0) is 17.3. The van der Waals surface area contributed by atoms with Gasteiger partial charge in [-0.1, -0.05) is 5.16 Å². The molecule has 1 fully saturated rings. The van der Waals surface area contributed by atoms with Gasteiger partial charge in [0.15, 0.2) is 5.82 Å². The van der Waals surface area contributed by atoms with Gasteiger partial charge in [-0.05, 0) is 13.1 Å². The van der Waals surface area contributed by atoms with Crippen LogP contribution < -0.4 is 16.6 Å². The number of hydrogen-bond acceptors (Lipinski definition) is 7. The first-order valence-corrected chi connectivity index (χ1v) is 7.66. The maximum Gasteiger partial charge on any atom is 0.330 e. The van der Waals surface area contributed by atoms with Crippen molar-refractivity contribution in [3.05, 3.63) is 44.3 Å². The second-order valence-electron chi connectivity index (χ2n) is 5.87. The van der Waals surface area contributed by atoms with Gasteiger partial charge in [0.2, 0.25) is 0 Å². The molecule has 0 aliphatic carbocycles. The number of hydrogen-bond donors (Lipinski definition) is 1. The average Bonchev–Trinajstić information content (AvgIpc) is 3.04. The van der Waals surface area contributed by atoms with E-state index in [1.165, 1.54) is 17.8 Å². The minimum absolute atomic E-state index is 0.0649. The number of aryl methyl sites for hydroxylation is 1. The molecule has 1 atom stereocenters. The van der Waals surface area contributed by atoms with Crippen LogP contribution in [0.2, 0.25) is 0 Å². The number of rotatable bonds is 3. The van der Waals surface area contributed by atoms with Crippen molar-refractivity contribution in [2.24, 2.45) is 14.1 Å². The highest BCUT2D eigenvalue weighted by Gasteiger charge is 2.24. The van der Waals surface area contributed by atoms with Gasteiger partial charge in [-0.3, -0.25) is 14.3 Å². The summed E-state index contributed by atoms with van der Waals surface area (Å²) < 4.78 is 7.64. The largest absolute Gasteiger partial charge is 0.335 e. The summed E-state index contributed by atoms with van der Waals surface area (Å²) in [6, 6.07) is 0.0649. The zero-order valence-corrected chi connectivity index (χ0v) is 13.9. The molecule has 0 amide bonds. The number of nitrogens with zero attached hydrogens (tertiary/aromatic N) is 5. The predicted molar refractivity (Wildman–Crippen MR) is 88.4 cm³/mol. The van der Waals surface area contributed by atoms with Gasteiger partial charge in [0.1, 0.15) is 0 Å². The Bertz CT molecular complexity index is 878. The summed E-state index contributed by atoms with van der Waals surface area (Å²) in [5, 5.41) is 7.31. The Morgan fingerprint density at radius 1 is 1.29 bits per heavy atom. The van der Waals surface area contributed by atoms with Gasteiger partial charge in [-0.25, -0.2) is 4.79 Å². The molecule has 1 N–H and O–H groups in total. The van der Waals surface area contributed by atoms with Crippen LogP contribution in [0.5, 0.6) is 0 Å². The molecular weight excluding hydrogens is 312 g/mol. The molecule has 1 aliphatic heterocycles. The molecule has 128 valence electrons. The van der Waals surface area contributed by atoms with Gasteiger partial charge < -0.3 is 14.4 Å². The molecular formula is C15H20N6O3. The van der Waals surface area contributed by atoms with Crippen molar-refractivity contribution in [3.63, 3.8) is 0 Å². The third-order valence-corrected chi connectivity index (χ3v) is 4.14. The lowest BCUT2D eigenvalue weighted by atomic mass is 10.2. The van der Waals surface area contributed by atoms with Crippen molar-refractivity contribution in [2.45, 2.75) is 6.04 Å². The maximum absolute atomic E-state index is 12.1. The molecule has 0 spiro atoms. The predicted octanol–water partition coefficient (Wildman–Crippen LogP) is -0.786. The zero-order valence-electron chi connectivity index (χ0n) is 13.9. The van der Waals surface area contributed by atoms with E-state index in [0.717, 1.165) is 24.2 Å². The summed E-state index contributed by atoms with van der Waals surface area (Å²) in [7, 11) is 5.06. The molecule has 2 aromatic rings. The Labute approximate surface area is 138 Å². The average molecular weight is 332 g/mol. The Morgan fingerprint density at radius 2 is 2.08 bits per heavy atom. The first-order chi connectivity index (χ1) is 11.5. The van der Waals surface area contributed by atoms with Crippen LogP contribution in [-0.4, -0.2) is 50.9 Å². The second kappa shape index (κ2) is 6.54. The Kier molecular flexibility index (Phi) is 4.45. The molecule has 0 radical (unpaired) electrons. The Hall–Kier alpha value is -2.52. The fourth-order valence-electron chi connectivity index (χ4n) is 2.66. The first-order valence-electron chi connectivity index (χ1n) is 7.66. The lowest BCUT2D eigenvalue weighted by Gasteiger charge is -2.30. The monoisotopic (exact) mass is 332 g/mol. The summed E-state index contributed by atoms with van der Waals surface area (Å²) in [5.74, 6) is 0.928. The number of likely N-dealkylation sites (N-methyl/N-ethyl adjacent to an activating group) is 1. The molecule has 1 saturated heterocycles. The molecule has 1 unspecified atom stereocenters. The Balaban J connectivity index is 1.84. The van der Waals surface area contributed by atoms with Crippen molar-refractivity contribution in [1.29, 1.82) is 0 Å². The standard InChI is InChI=1S/C15H20N6O3/c1-19-7-6-16-8-11(19)13-17-12(24-18-13)5-4-10-9-20(2)15(23)21(3)14(10)22/h4-5,9,11,16H,6-8H2,1-3H3/b5-4+. The molecule has 2 aromatic heterocycles. The molecule has 1 aliphatic rings. The van der Waals surface area contributed by atoms with E-state index in [1.54, 1.807) is 19.2 Å². The van der Waals surface area contributed by atoms with E-state index in [1.807, 2.05) is 7.05 Å². The van der Waals surface area contributed by atoms with E-state index in [4.69, 9.17) is 4.52 Å². The van der Waals surface area contributed by atoms with E-state index in [-0.39, 0.29) is 17.3 Å². The van der Waals surface area contributed by atoms with E-state index >= 15 is 0 Å². The van der Waals surface area contributed by atoms with Gasteiger partial charge in [0.05, 0.1) is 11.6 Å². The van der Waals surface area contributed by atoms with Crippen molar-refractivity contribution in [3.8, 4) is 0 Å². The highest BCUT2D eigenvalue weighted by atomic mass is 16.5. The van der Waals surface area contributed by atoms with Gasteiger partial charge in [-0.2, -0.15) is 4.98 Å². The van der Waals surface area contributed by atoms with Gasteiger partial charge in [-0.15, -0.1) is 0 Å². The Morgan fingerprint density at radius 3 is 2.83 bits per heavy atom. The summed E-state index contributed by atoms with van der Waals surface area (Å²) in [6.45, 7) is 2.62. The third-order valence-electron chi connectivity index (χ3n) is 4.14. The second-order valence-corrected chi connectivity index (χ2v) is 5.87. The van der Waals surface area contributed by atoms with E-state index in [9.17, 15) is 9.59 Å². The fourth-order valence-corrected chi connectivity index (χ4v) is 2.66. The lowest BCUT2D eigenvalue weighted by molar-refractivity contribution is 0.190. The van der Waals surface area contributed by atoms with Crippen LogP contribution in [0.25, 0.3) is 12.2 Å². The van der Waals surface area contributed by atoms with Gasteiger partial charge in [0, 0.05) is 46.0 Å². The topological polar surface area (TPSA) is 98.2 Å². The molecule has 9 nitrogen and oxygen atoms in total. The fraction of sp³-hybridized carbons (Fsp3) is 0.467. The minimum atomic E-state index is -0.370. The smallest absolute Gasteiger partial charge is 0.330 e. The molecule has 3 rings (SSSR count). The van der Waals surface area contributed by atoms with Crippen molar-refractivity contribution in [2.75, 3.05) is 26.7 Å². The third kappa shape index (κ3) is 3.08. The van der Waals surface area contributed by atoms with Crippen molar-refractivity contribution < 1.29 is 4.52 Å². The molecule has 3 heterocycles. The number of nitrogens with one attached hydrogen (secondary N) is 1. The van der Waals surface area contributed by atoms with Crippen LogP contribution in [-0.2, 0) is 14.1 Å². The summed E-state index contributed by atoms with van der Waals surface area (Å²) in [6.07, 6.45) is 4.63. The summed E-state index contributed by atoms with van der Waals surface area (Å²) in [5.41, 5.74) is -0.369. The number of piperazine rings is 1. The van der Waals surface area contributed by atoms with E-state index < -0.39 is 0 Å². The van der Waals surface area contributed by atoms with Crippen LogP contribution in [0, 0.1) is 0 Å². The first kappa shape index (κ1) is 16.3. The SMILES string of the molecule is CN1CCNCC1c1noc(/C=C/c2cn(C)c(=O)n(C)c2=O)n1. The van der Waals surface area contributed by atoms with E-state index in [0.29, 0.717) is 17.3 Å².